The number of halogens is 2. The van der Waals surface area contributed by atoms with Gasteiger partial charge < -0.3 is 5.73 Å². The molecule has 0 bridgehead atoms. The van der Waals surface area contributed by atoms with E-state index in [1.54, 1.807) is 12.1 Å². The van der Waals surface area contributed by atoms with E-state index in [0.29, 0.717) is 4.47 Å². The molecule has 0 saturated carbocycles. The third-order valence-electron chi connectivity index (χ3n) is 1.94. The van der Waals surface area contributed by atoms with Gasteiger partial charge in [0.15, 0.2) is 0 Å². The molecule has 2 N–H and O–H groups in total. The van der Waals surface area contributed by atoms with Gasteiger partial charge in [-0.3, -0.25) is 0 Å². The molecule has 0 spiro atoms. The molecule has 1 rings (SSSR count). The minimum Gasteiger partial charge on any atom is -0.318 e. The van der Waals surface area contributed by atoms with Gasteiger partial charge in [0.2, 0.25) is 0 Å². The highest BCUT2D eigenvalue weighted by atomic mass is 79.9. The van der Waals surface area contributed by atoms with Gasteiger partial charge in [-0.15, -0.1) is 6.58 Å². The average molecular weight is 244 g/mol. The maximum absolute atomic E-state index is 12.7. The van der Waals surface area contributed by atoms with Crippen LogP contribution in [0.1, 0.15) is 12.5 Å². The summed E-state index contributed by atoms with van der Waals surface area (Å²) < 4.78 is 13.4. The molecule has 0 radical (unpaired) electrons. The molecule has 0 unspecified atom stereocenters. The molecular formula is C10H11BrFN. The summed E-state index contributed by atoms with van der Waals surface area (Å²) in [5.41, 5.74) is 6.11. The SMILES string of the molecule is C=C[C@](C)(N)c1ccc(F)cc1Br. The Hall–Kier alpha value is -0.670. The number of nitrogens with two attached hydrogens (primary N) is 1. The van der Waals surface area contributed by atoms with Crippen LogP contribution in [0.25, 0.3) is 0 Å². The predicted octanol–water partition coefficient (Wildman–Crippen LogP) is 2.95. The van der Waals surface area contributed by atoms with E-state index >= 15 is 0 Å². The number of hydrogen-bond donors (Lipinski definition) is 1. The Kier molecular flexibility index (Phi) is 2.88. The van der Waals surface area contributed by atoms with Crippen molar-refractivity contribution in [1.82, 2.24) is 0 Å². The van der Waals surface area contributed by atoms with Crippen molar-refractivity contribution in [2.45, 2.75) is 12.5 Å². The zero-order chi connectivity index (χ0) is 10.1. The van der Waals surface area contributed by atoms with Crippen LogP contribution in [-0.2, 0) is 5.54 Å². The lowest BCUT2D eigenvalue weighted by molar-refractivity contribution is 0.607. The van der Waals surface area contributed by atoms with Gasteiger partial charge >= 0.3 is 0 Å². The predicted molar refractivity (Wildman–Crippen MR) is 55.8 cm³/mol. The Morgan fingerprint density at radius 2 is 2.23 bits per heavy atom. The fraction of sp³-hybridized carbons (Fsp3) is 0.200. The van der Waals surface area contributed by atoms with E-state index in [0.717, 1.165) is 5.56 Å². The molecule has 1 atom stereocenters. The molecule has 1 aromatic rings. The summed E-state index contributed by atoms with van der Waals surface area (Å²) in [4.78, 5) is 0. The van der Waals surface area contributed by atoms with E-state index in [4.69, 9.17) is 5.73 Å². The second-order valence-corrected chi connectivity index (χ2v) is 3.97. The van der Waals surface area contributed by atoms with Crippen LogP contribution in [0.3, 0.4) is 0 Å². The van der Waals surface area contributed by atoms with Crippen molar-refractivity contribution in [3.63, 3.8) is 0 Å². The van der Waals surface area contributed by atoms with Crippen molar-refractivity contribution in [3.05, 3.63) is 46.7 Å². The fourth-order valence-corrected chi connectivity index (χ4v) is 1.81. The number of benzene rings is 1. The highest BCUT2D eigenvalue weighted by Gasteiger charge is 2.19. The van der Waals surface area contributed by atoms with Gasteiger partial charge in [-0.2, -0.15) is 0 Å². The van der Waals surface area contributed by atoms with Gasteiger partial charge in [0.1, 0.15) is 5.82 Å². The van der Waals surface area contributed by atoms with E-state index in [1.165, 1.54) is 12.1 Å². The van der Waals surface area contributed by atoms with Crippen molar-refractivity contribution in [2.24, 2.45) is 5.73 Å². The largest absolute Gasteiger partial charge is 0.318 e. The summed E-state index contributed by atoms with van der Waals surface area (Å²) in [6, 6.07) is 4.43. The molecular weight excluding hydrogens is 233 g/mol. The quantitative estimate of drug-likeness (QED) is 0.795. The molecule has 0 saturated heterocycles. The van der Waals surface area contributed by atoms with E-state index in [-0.39, 0.29) is 5.82 Å². The summed E-state index contributed by atoms with van der Waals surface area (Å²) in [6.45, 7) is 5.45. The van der Waals surface area contributed by atoms with Gasteiger partial charge in [0.05, 0.1) is 5.54 Å². The topological polar surface area (TPSA) is 26.0 Å². The van der Waals surface area contributed by atoms with Gasteiger partial charge in [0.25, 0.3) is 0 Å². The smallest absolute Gasteiger partial charge is 0.124 e. The van der Waals surface area contributed by atoms with E-state index in [1.807, 2.05) is 6.92 Å². The maximum Gasteiger partial charge on any atom is 0.124 e. The minimum atomic E-state index is -0.632. The first-order chi connectivity index (χ1) is 5.97. The standard InChI is InChI=1S/C10H11BrFN/c1-3-10(2,13)8-5-4-7(12)6-9(8)11/h3-6H,1,13H2,2H3/t10-/m0/s1. The zero-order valence-electron chi connectivity index (χ0n) is 7.35. The van der Waals surface area contributed by atoms with E-state index < -0.39 is 5.54 Å². The normalized spacial score (nSPS) is 15.1. The summed E-state index contributed by atoms with van der Waals surface area (Å²) in [6.07, 6.45) is 1.63. The lowest BCUT2D eigenvalue weighted by Crippen LogP contribution is -2.30. The summed E-state index contributed by atoms with van der Waals surface area (Å²) in [5, 5.41) is 0. The van der Waals surface area contributed by atoms with Gasteiger partial charge in [0, 0.05) is 4.47 Å². The molecule has 0 fully saturated rings. The third kappa shape index (κ3) is 2.17. The van der Waals surface area contributed by atoms with Gasteiger partial charge in [-0.1, -0.05) is 28.1 Å². The van der Waals surface area contributed by atoms with Crippen LogP contribution in [0.15, 0.2) is 35.3 Å². The summed E-state index contributed by atoms with van der Waals surface area (Å²) in [7, 11) is 0. The monoisotopic (exact) mass is 243 g/mol. The molecule has 0 amide bonds. The Bertz CT molecular complexity index is 334. The first-order valence-electron chi connectivity index (χ1n) is 3.85. The lowest BCUT2D eigenvalue weighted by atomic mass is 9.93. The summed E-state index contributed by atoms with van der Waals surface area (Å²) >= 11 is 3.26. The second-order valence-electron chi connectivity index (χ2n) is 3.11. The molecule has 13 heavy (non-hydrogen) atoms. The first kappa shape index (κ1) is 10.4. The van der Waals surface area contributed by atoms with Crippen molar-refractivity contribution in [2.75, 3.05) is 0 Å². The highest BCUT2D eigenvalue weighted by Crippen LogP contribution is 2.27. The molecule has 70 valence electrons. The molecule has 0 heterocycles. The molecule has 1 nitrogen and oxygen atoms in total. The van der Waals surface area contributed by atoms with Crippen LogP contribution in [0.5, 0.6) is 0 Å². The van der Waals surface area contributed by atoms with Crippen molar-refractivity contribution < 1.29 is 4.39 Å². The minimum absolute atomic E-state index is 0.282. The van der Waals surface area contributed by atoms with Crippen molar-refractivity contribution in [3.8, 4) is 0 Å². The summed E-state index contributed by atoms with van der Waals surface area (Å²) in [5.74, 6) is -0.282. The molecule has 0 aliphatic carbocycles. The van der Waals surface area contributed by atoms with Crippen LogP contribution >= 0.6 is 15.9 Å². The number of rotatable bonds is 2. The third-order valence-corrected chi connectivity index (χ3v) is 2.59. The van der Waals surface area contributed by atoms with Gasteiger partial charge in [-0.25, -0.2) is 4.39 Å². The molecule has 3 heteroatoms. The van der Waals surface area contributed by atoms with Crippen LogP contribution in [0, 0.1) is 5.82 Å². The molecule has 1 aromatic carbocycles. The van der Waals surface area contributed by atoms with Crippen LogP contribution in [-0.4, -0.2) is 0 Å². The Morgan fingerprint density at radius 3 is 2.69 bits per heavy atom. The Labute approximate surface area is 85.6 Å². The second kappa shape index (κ2) is 3.60. The van der Waals surface area contributed by atoms with Crippen LogP contribution < -0.4 is 5.73 Å². The molecule has 0 aliphatic rings. The molecule has 0 aliphatic heterocycles. The van der Waals surface area contributed by atoms with Crippen molar-refractivity contribution in [1.29, 1.82) is 0 Å². The van der Waals surface area contributed by atoms with Gasteiger partial charge in [-0.05, 0) is 24.6 Å². The first-order valence-corrected chi connectivity index (χ1v) is 4.64. The maximum atomic E-state index is 12.7. The van der Waals surface area contributed by atoms with E-state index in [9.17, 15) is 4.39 Å². The zero-order valence-corrected chi connectivity index (χ0v) is 8.94. The fourth-order valence-electron chi connectivity index (χ4n) is 1.04. The Morgan fingerprint density at radius 1 is 1.62 bits per heavy atom. The Balaban J connectivity index is 3.23. The van der Waals surface area contributed by atoms with E-state index in [2.05, 4.69) is 22.5 Å². The van der Waals surface area contributed by atoms with Crippen LogP contribution in [0.2, 0.25) is 0 Å². The highest BCUT2D eigenvalue weighted by molar-refractivity contribution is 9.10. The molecule has 0 aromatic heterocycles. The van der Waals surface area contributed by atoms with Crippen LogP contribution in [0.4, 0.5) is 4.39 Å². The number of hydrogen-bond acceptors (Lipinski definition) is 1. The average Bonchev–Trinajstić information content (AvgIpc) is 2.03. The van der Waals surface area contributed by atoms with Crippen molar-refractivity contribution >= 4 is 15.9 Å². The lowest BCUT2D eigenvalue weighted by Gasteiger charge is -2.21.